The van der Waals surface area contributed by atoms with Gasteiger partial charge in [-0.2, -0.15) is 0 Å². The Morgan fingerprint density at radius 2 is 0.500 bits per heavy atom. The standard InChI is InChI=1S/2C20H18/c1-15-6-3-8-17(12-15)19-10-5-11-20(14-19)18-9-4-7-16(2)13-18;1-15-9-11-17(12-10-15)19-7-4-8-20(14-19)18-6-3-5-16(2)13-18/h2*3-14H,1-2H3. The zero-order chi connectivity index (χ0) is 27.9. The number of hydrogen-bond donors (Lipinski definition) is 0. The van der Waals surface area contributed by atoms with Gasteiger partial charge in [-0.05, 0) is 84.3 Å². The van der Waals surface area contributed by atoms with Crippen molar-refractivity contribution in [3.05, 3.63) is 168 Å². The first-order chi connectivity index (χ1) is 19.4. The van der Waals surface area contributed by atoms with E-state index in [0.717, 1.165) is 0 Å². The molecule has 0 N–H and O–H groups in total. The molecule has 0 amide bonds. The molecule has 0 fully saturated rings. The second kappa shape index (κ2) is 12.5. The number of rotatable bonds is 4. The monoisotopic (exact) mass is 516 g/mol. The van der Waals surface area contributed by atoms with E-state index in [-0.39, 0.29) is 0 Å². The molecule has 0 nitrogen and oxygen atoms in total. The Labute approximate surface area is 239 Å². The lowest BCUT2D eigenvalue weighted by Gasteiger charge is -2.07. The Kier molecular flexibility index (Phi) is 8.38. The van der Waals surface area contributed by atoms with Crippen LogP contribution in [0.1, 0.15) is 22.3 Å². The van der Waals surface area contributed by atoms with Crippen molar-refractivity contribution in [1.82, 2.24) is 0 Å². The van der Waals surface area contributed by atoms with Crippen LogP contribution in [0.3, 0.4) is 0 Å². The Bertz CT molecular complexity index is 1660. The van der Waals surface area contributed by atoms with Crippen LogP contribution in [0.4, 0.5) is 0 Å². The zero-order valence-electron chi connectivity index (χ0n) is 23.9. The molecular formula is C40H36. The lowest BCUT2D eigenvalue weighted by molar-refractivity contribution is 1.46. The van der Waals surface area contributed by atoms with Crippen LogP contribution >= 0.6 is 0 Å². The van der Waals surface area contributed by atoms with E-state index in [1.54, 1.807) is 0 Å². The van der Waals surface area contributed by atoms with Gasteiger partial charge in [0, 0.05) is 0 Å². The van der Waals surface area contributed by atoms with Gasteiger partial charge in [0.2, 0.25) is 0 Å². The summed E-state index contributed by atoms with van der Waals surface area (Å²) in [5, 5.41) is 0. The van der Waals surface area contributed by atoms with Gasteiger partial charge in [0.1, 0.15) is 0 Å². The normalized spacial score (nSPS) is 10.5. The van der Waals surface area contributed by atoms with Crippen LogP contribution in [0.2, 0.25) is 0 Å². The summed E-state index contributed by atoms with van der Waals surface area (Å²) in [6.07, 6.45) is 0. The molecular weight excluding hydrogens is 480 g/mol. The lowest BCUT2D eigenvalue weighted by atomic mass is 9.97. The zero-order valence-corrected chi connectivity index (χ0v) is 23.9. The van der Waals surface area contributed by atoms with Gasteiger partial charge >= 0.3 is 0 Å². The molecule has 6 aromatic carbocycles. The maximum Gasteiger partial charge on any atom is -0.0178 e. The smallest absolute Gasteiger partial charge is 0.0178 e. The van der Waals surface area contributed by atoms with Crippen LogP contribution < -0.4 is 0 Å². The number of benzene rings is 6. The SMILES string of the molecule is Cc1ccc(-c2cccc(-c3cccc(C)c3)c2)cc1.Cc1cccc(-c2cccc(-c3cccc(C)c3)c2)c1. The molecule has 0 saturated carbocycles. The van der Waals surface area contributed by atoms with E-state index >= 15 is 0 Å². The van der Waals surface area contributed by atoms with Gasteiger partial charge in [0.25, 0.3) is 0 Å². The Morgan fingerprint density at radius 3 is 0.825 bits per heavy atom. The Hall–Kier alpha value is -4.68. The van der Waals surface area contributed by atoms with Crippen molar-refractivity contribution in [3.63, 3.8) is 0 Å². The molecule has 0 aromatic heterocycles. The van der Waals surface area contributed by atoms with E-state index in [2.05, 4.69) is 173 Å². The molecule has 40 heavy (non-hydrogen) atoms. The summed E-state index contributed by atoms with van der Waals surface area (Å²) in [7, 11) is 0. The average Bonchev–Trinajstić information content (AvgIpc) is 2.98. The van der Waals surface area contributed by atoms with Crippen LogP contribution in [0.25, 0.3) is 44.5 Å². The first kappa shape index (κ1) is 26.9. The van der Waals surface area contributed by atoms with Gasteiger partial charge < -0.3 is 0 Å². The van der Waals surface area contributed by atoms with E-state index in [4.69, 9.17) is 0 Å². The predicted octanol–water partition coefficient (Wildman–Crippen LogP) is 11.3. The molecule has 196 valence electrons. The largest absolute Gasteiger partial charge is 0.0614 e. The summed E-state index contributed by atoms with van der Waals surface area (Å²) in [6.45, 7) is 8.52. The minimum atomic E-state index is 1.27. The molecule has 0 unspecified atom stereocenters. The van der Waals surface area contributed by atoms with Crippen molar-refractivity contribution >= 4 is 0 Å². The molecule has 0 bridgehead atoms. The fourth-order valence-electron chi connectivity index (χ4n) is 4.98. The first-order valence-corrected chi connectivity index (χ1v) is 13.9. The highest BCUT2D eigenvalue weighted by molar-refractivity contribution is 5.74. The van der Waals surface area contributed by atoms with Crippen LogP contribution in [0.15, 0.2) is 146 Å². The van der Waals surface area contributed by atoms with Crippen molar-refractivity contribution in [2.75, 3.05) is 0 Å². The molecule has 0 heteroatoms. The summed E-state index contributed by atoms with van der Waals surface area (Å²) in [5.41, 5.74) is 15.4. The van der Waals surface area contributed by atoms with E-state index in [9.17, 15) is 0 Å². The van der Waals surface area contributed by atoms with Crippen LogP contribution in [0, 0.1) is 27.7 Å². The molecule has 6 aromatic rings. The maximum atomic E-state index is 2.27. The van der Waals surface area contributed by atoms with Crippen molar-refractivity contribution in [3.8, 4) is 44.5 Å². The molecule has 0 aliphatic rings. The fourth-order valence-corrected chi connectivity index (χ4v) is 4.98. The average molecular weight is 517 g/mol. The highest BCUT2D eigenvalue weighted by Crippen LogP contribution is 2.28. The number of aryl methyl sites for hydroxylation is 4. The van der Waals surface area contributed by atoms with E-state index in [1.807, 2.05) is 0 Å². The van der Waals surface area contributed by atoms with Gasteiger partial charge in [-0.15, -0.1) is 0 Å². The molecule has 0 aliphatic heterocycles. The molecule has 0 atom stereocenters. The fraction of sp³-hybridized carbons (Fsp3) is 0.100. The third-order valence-corrected chi connectivity index (χ3v) is 7.16. The molecule has 0 saturated heterocycles. The predicted molar refractivity (Wildman–Crippen MR) is 174 cm³/mol. The highest BCUT2D eigenvalue weighted by Gasteiger charge is 2.03. The van der Waals surface area contributed by atoms with E-state index < -0.39 is 0 Å². The minimum absolute atomic E-state index is 1.27. The van der Waals surface area contributed by atoms with Gasteiger partial charge in [0.15, 0.2) is 0 Å². The topological polar surface area (TPSA) is 0 Å². The second-order valence-electron chi connectivity index (χ2n) is 10.6. The molecule has 0 aliphatic carbocycles. The number of hydrogen-bond acceptors (Lipinski definition) is 0. The Balaban J connectivity index is 0.000000161. The van der Waals surface area contributed by atoms with Crippen LogP contribution in [0.5, 0.6) is 0 Å². The first-order valence-electron chi connectivity index (χ1n) is 13.9. The summed E-state index contributed by atoms with van der Waals surface area (Å²) >= 11 is 0. The van der Waals surface area contributed by atoms with Gasteiger partial charge in [-0.25, -0.2) is 0 Å². The van der Waals surface area contributed by atoms with Crippen molar-refractivity contribution in [1.29, 1.82) is 0 Å². The Morgan fingerprint density at radius 1 is 0.225 bits per heavy atom. The van der Waals surface area contributed by atoms with Crippen LogP contribution in [-0.2, 0) is 0 Å². The third kappa shape index (κ3) is 6.84. The minimum Gasteiger partial charge on any atom is -0.0614 e. The summed E-state index contributed by atoms with van der Waals surface area (Å²) in [4.78, 5) is 0. The van der Waals surface area contributed by atoms with Crippen molar-refractivity contribution in [2.24, 2.45) is 0 Å². The quantitative estimate of drug-likeness (QED) is 0.218. The summed E-state index contributed by atoms with van der Waals surface area (Å²) < 4.78 is 0. The van der Waals surface area contributed by atoms with E-state index in [0.29, 0.717) is 0 Å². The highest BCUT2D eigenvalue weighted by atomic mass is 14.1. The van der Waals surface area contributed by atoms with Crippen molar-refractivity contribution < 1.29 is 0 Å². The molecule has 6 rings (SSSR count). The van der Waals surface area contributed by atoms with Gasteiger partial charge in [0.05, 0.1) is 0 Å². The van der Waals surface area contributed by atoms with Gasteiger partial charge in [-0.3, -0.25) is 0 Å². The lowest BCUT2D eigenvalue weighted by Crippen LogP contribution is -1.83. The van der Waals surface area contributed by atoms with E-state index in [1.165, 1.54) is 66.8 Å². The van der Waals surface area contributed by atoms with Gasteiger partial charge in [-0.1, -0.05) is 156 Å². The summed E-state index contributed by atoms with van der Waals surface area (Å²) in [6, 6.07) is 52.1. The molecule has 0 radical (unpaired) electrons. The van der Waals surface area contributed by atoms with Crippen LogP contribution in [-0.4, -0.2) is 0 Å². The molecule has 0 spiro atoms. The maximum absolute atomic E-state index is 2.27. The second-order valence-corrected chi connectivity index (χ2v) is 10.6. The van der Waals surface area contributed by atoms with Crippen molar-refractivity contribution in [2.45, 2.75) is 27.7 Å². The summed E-state index contributed by atoms with van der Waals surface area (Å²) in [5.74, 6) is 0. The third-order valence-electron chi connectivity index (χ3n) is 7.16. The molecule has 0 heterocycles.